The maximum Gasteiger partial charge on any atom is 0.213 e. The molecule has 0 aliphatic rings. The van der Waals surface area contributed by atoms with Crippen LogP contribution in [0.3, 0.4) is 0 Å². The van der Waals surface area contributed by atoms with Gasteiger partial charge in [0.15, 0.2) is 17.5 Å². The zero-order valence-corrected chi connectivity index (χ0v) is 88.7. The summed E-state index contributed by atoms with van der Waals surface area (Å²) in [6.45, 7) is 98.0. The quantitative estimate of drug-likeness (QED) is 0.110. The molecule has 0 N–H and O–H groups in total. The molecule has 732 valence electrons. The van der Waals surface area contributed by atoms with Gasteiger partial charge in [-0.2, -0.15) is 20.3 Å². The maximum atomic E-state index is 4.63. The van der Waals surface area contributed by atoms with Crippen molar-refractivity contribution in [3.8, 4) is 0 Å². The van der Waals surface area contributed by atoms with Gasteiger partial charge in [0.25, 0.3) is 0 Å². The van der Waals surface area contributed by atoms with Crippen molar-refractivity contribution in [2.45, 2.75) is 411 Å². The van der Waals surface area contributed by atoms with Crippen LogP contribution < -0.4 is 0 Å². The predicted octanol–water partition coefficient (Wildman–Crippen LogP) is 30.1. The Kier molecular flexibility index (Phi) is 130. The third-order valence-electron chi connectivity index (χ3n) is 13.4. The molecule has 0 aliphatic heterocycles. The van der Waals surface area contributed by atoms with Crippen LogP contribution in [0.15, 0.2) is 183 Å². The van der Waals surface area contributed by atoms with Crippen molar-refractivity contribution in [1.29, 1.82) is 0 Å². The summed E-state index contributed by atoms with van der Waals surface area (Å²) in [5.74, 6) is 7.86. The zero-order valence-electron chi connectivity index (χ0n) is 88.7. The van der Waals surface area contributed by atoms with Crippen molar-refractivity contribution >= 4 is 0 Å². The van der Waals surface area contributed by atoms with Gasteiger partial charge in [0, 0.05) is 77.8 Å². The average Bonchev–Trinajstić information content (AvgIpc) is 1.28. The molecule has 0 spiro atoms. The van der Waals surface area contributed by atoms with Crippen LogP contribution in [-0.2, 0) is 0 Å². The fourth-order valence-electron chi connectivity index (χ4n) is 6.63. The lowest BCUT2D eigenvalue weighted by Crippen LogP contribution is -1.99. The second kappa shape index (κ2) is 114. The Labute approximate surface area is 780 Å². The van der Waals surface area contributed by atoms with E-state index in [0.717, 1.165) is 45.6 Å². The van der Waals surface area contributed by atoms with Gasteiger partial charge in [0.05, 0.1) is 53.3 Å². The highest BCUT2D eigenvalue weighted by Crippen LogP contribution is 2.16. The van der Waals surface area contributed by atoms with E-state index < -0.39 is 0 Å². The third-order valence-corrected chi connectivity index (χ3v) is 13.4. The molecule has 0 amide bonds. The molecule has 29 nitrogen and oxygen atoms in total. The van der Waals surface area contributed by atoms with Crippen LogP contribution in [-0.4, -0.2) is 122 Å². The van der Waals surface area contributed by atoms with E-state index in [-0.39, 0.29) is 7.43 Å². The minimum atomic E-state index is 0. The molecule has 128 heavy (non-hydrogen) atoms. The number of nitrogens with zero attached hydrogens (tertiary/aromatic N) is 24. The number of hydrogen-bond acceptors (Lipinski definition) is 29. The minimum Gasteiger partial charge on any atom is -0.365 e. The van der Waals surface area contributed by atoms with Crippen LogP contribution in [0.4, 0.5) is 0 Å². The van der Waals surface area contributed by atoms with Crippen molar-refractivity contribution in [2.75, 3.05) is 0 Å². The normalized spacial score (nSPS) is 8.78. The molecule has 0 saturated heterocycles. The fourth-order valence-corrected chi connectivity index (χ4v) is 6.63. The predicted molar refractivity (Wildman–Crippen MR) is 538 cm³/mol. The largest absolute Gasteiger partial charge is 0.365 e. The van der Waals surface area contributed by atoms with Crippen molar-refractivity contribution in [3.05, 3.63) is 229 Å². The highest BCUT2D eigenvalue weighted by Gasteiger charge is 2.06. The summed E-state index contributed by atoms with van der Waals surface area (Å²) in [6.07, 6.45) is 28.3. The SMILES string of the molecule is C.CC.CC.CC.CC.CC.CC.CC.CC.CC.CC.CC.CC.CC(C)c1ccccc1.CC(C)c1ccncc1.CC(C)c1ccnnc1.CC(C)c1ccon1.CC(C)c1cnccn1.CC(C)c1cnncn1.CC(C)c1cnnnc1.CC(C)c1cnoc1.CC(C)c1conn1.CC(C)c1ncnnn1.CC(C)c1ncon1.CC(C)c1nnon1. The number of pyridine rings is 1. The Morgan fingerprint density at radius 1 is 0.242 bits per heavy atom. The first-order valence-corrected chi connectivity index (χ1v) is 46.4. The van der Waals surface area contributed by atoms with Crippen LogP contribution in [0.5, 0.6) is 0 Å². The fraction of sp³-hybridized carbons (Fsp3) is 0.616. The molecule has 0 aliphatic carbocycles. The van der Waals surface area contributed by atoms with E-state index in [0.29, 0.717) is 76.8 Å². The Morgan fingerprint density at radius 2 is 0.695 bits per heavy atom. The van der Waals surface area contributed by atoms with Crippen LogP contribution in [0, 0.1) is 0 Å². The molecule has 12 aromatic rings. The lowest BCUT2D eigenvalue weighted by Gasteiger charge is -2.01. The van der Waals surface area contributed by atoms with Gasteiger partial charge in [-0.25, -0.2) is 14.6 Å². The van der Waals surface area contributed by atoms with E-state index >= 15 is 0 Å². The highest BCUT2D eigenvalue weighted by atomic mass is 16.6. The maximum absolute atomic E-state index is 4.63. The molecule has 0 bridgehead atoms. The van der Waals surface area contributed by atoms with Crippen molar-refractivity contribution in [3.63, 3.8) is 0 Å². The van der Waals surface area contributed by atoms with E-state index in [1.807, 2.05) is 264 Å². The Morgan fingerprint density at radius 3 is 0.938 bits per heavy atom. The van der Waals surface area contributed by atoms with E-state index in [2.05, 4.69) is 280 Å². The Balaban J connectivity index is -0.000000100. The molecule has 0 fully saturated rings. The molecule has 29 heteroatoms. The summed E-state index contributed by atoms with van der Waals surface area (Å²) < 4.78 is 22.5. The van der Waals surface area contributed by atoms with Crippen LogP contribution in [0.2, 0.25) is 0 Å². The lowest BCUT2D eigenvalue weighted by molar-refractivity contribution is 0.290. The topological polar surface area (TPSA) is 375 Å². The van der Waals surface area contributed by atoms with E-state index in [1.165, 1.54) is 35.7 Å². The molecule has 11 aromatic heterocycles. The second-order valence-electron chi connectivity index (χ2n) is 26.1. The molecular weight excluding hydrogens is 1610 g/mol. The molecule has 0 unspecified atom stereocenters. The van der Waals surface area contributed by atoms with Gasteiger partial charge in [-0.05, 0) is 103 Å². The van der Waals surface area contributed by atoms with Gasteiger partial charge in [0.1, 0.15) is 37.1 Å². The third kappa shape index (κ3) is 91.5. The molecular formula is C99H186N24O5. The smallest absolute Gasteiger partial charge is 0.213 e. The second-order valence-corrected chi connectivity index (χ2v) is 26.1. The van der Waals surface area contributed by atoms with Crippen LogP contribution in [0.1, 0.15) is 479 Å². The van der Waals surface area contributed by atoms with Gasteiger partial charge in [-0.3, -0.25) is 15.0 Å². The Hall–Kier alpha value is -10.7. The van der Waals surface area contributed by atoms with Gasteiger partial charge in [-0.1, -0.05) is 391 Å². The van der Waals surface area contributed by atoms with E-state index in [9.17, 15) is 0 Å². The van der Waals surface area contributed by atoms with E-state index in [4.69, 9.17) is 0 Å². The number of benzene rings is 1. The number of rotatable bonds is 12. The zero-order chi connectivity index (χ0) is 101. The van der Waals surface area contributed by atoms with Crippen LogP contribution in [0.25, 0.3) is 0 Å². The first kappa shape index (κ1) is 146. The van der Waals surface area contributed by atoms with Crippen molar-refractivity contribution in [2.24, 2.45) is 0 Å². The van der Waals surface area contributed by atoms with Gasteiger partial charge >= 0.3 is 0 Å². The molecule has 1 aromatic carbocycles. The summed E-state index contributed by atoms with van der Waals surface area (Å²) in [4.78, 5) is 23.7. The molecule has 0 atom stereocenters. The number of aromatic nitrogens is 24. The van der Waals surface area contributed by atoms with Crippen molar-refractivity contribution in [1.82, 2.24) is 122 Å². The molecule has 12 rings (SSSR count). The van der Waals surface area contributed by atoms with Crippen LogP contribution >= 0.6 is 0 Å². The standard InChI is InChI=1S/C9H12.C8H11N.2C7H10N2.2C6H9N3.2C6H9NO.C5H8N4.2C5H8N2O.C4H7N3O.12C2H6.CH4/c1-8(2)9-6-4-3-5-7-9;1-7(2)8-3-5-9-6-4-8;1-6(2)7-5-8-3-4-9-7;1-6(2)7-3-4-8-9-5-7;1-5(2)6-3-8-9-4-7-6;1-5(2)6-3-7-9-8-4-6;1-5(2)6-3-7-8-4-6;1-5(2)6-3-4-8-7-6;1-4(2)5-6-3-7-9-8-5;1-4(2)5-6-3-8-7-5;1-4(2)5-3-8-7-6-5;1-3(2)4-5-7-8-6-4;12*1-2;/h3-8H,1-2H3;3-7H,1-2H3;2*3-6H,1-2H3;2*3-5H,1-2H3;2*3-5H,1-2H3;3-4H,1-2H3;2*3-4H,1-2H3;3H,1-2H3;12*1-2H3;1H4. The monoisotopic (exact) mass is 1790 g/mol. The summed E-state index contributed by atoms with van der Waals surface area (Å²) in [5, 5.41) is 64.3. The lowest BCUT2D eigenvalue weighted by atomic mass is 10.0. The first-order chi connectivity index (χ1) is 61.2. The average molecular weight is 1790 g/mol. The highest BCUT2D eigenvalue weighted by molar-refractivity contribution is 5.18. The molecule has 0 saturated carbocycles. The Bertz CT molecular complexity index is 3060. The first-order valence-electron chi connectivity index (χ1n) is 46.4. The summed E-state index contributed by atoms with van der Waals surface area (Å²) >= 11 is 0. The van der Waals surface area contributed by atoms with Gasteiger partial charge < -0.3 is 18.1 Å². The molecule has 11 heterocycles. The summed E-state index contributed by atoms with van der Waals surface area (Å²) in [5.41, 5.74) is 10.3. The van der Waals surface area contributed by atoms with E-state index in [1.54, 1.807) is 74.6 Å². The summed E-state index contributed by atoms with van der Waals surface area (Å²) in [6, 6.07) is 18.5. The number of hydrogen-bond donors (Lipinski definition) is 0. The summed E-state index contributed by atoms with van der Waals surface area (Å²) in [7, 11) is 0. The minimum absolute atomic E-state index is 0. The van der Waals surface area contributed by atoms with Crippen molar-refractivity contribution < 1.29 is 22.7 Å². The molecule has 0 radical (unpaired) electrons. The van der Waals surface area contributed by atoms with Gasteiger partial charge in [0.2, 0.25) is 6.39 Å². The van der Waals surface area contributed by atoms with Gasteiger partial charge in [-0.15, -0.1) is 30.6 Å².